The zero-order valence-electron chi connectivity index (χ0n) is 6.60. The molecule has 12 heavy (non-hydrogen) atoms. The smallest absolute Gasteiger partial charge is 0.124 e. The standard InChI is InChI=1S/C9H10N2O/c1-2-6-11(5-1)10-8-9-4-3-7-12-9/h1-7,10H,8H2. The lowest BCUT2D eigenvalue weighted by Gasteiger charge is -2.03. The minimum absolute atomic E-state index is 0.710. The Morgan fingerprint density at radius 2 is 2.08 bits per heavy atom. The Kier molecular flexibility index (Phi) is 1.86. The first-order chi connectivity index (χ1) is 5.95. The molecule has 3 nitrogen and oxygen atoms in total. The third-order valence-electron chi connectivity index (χ3n) is 1.62. The number of hydrogen-bond acceptors (Lipinski definition) is 2. The molecule has 0 spiro atoms. The van der Waals surface area contributed by atoms with E-state index in [2.05, 4.69) is 5.43 Å². The molecule has 0 aliphatic carbocycles. The topological polar surface area (TPSA) is 30.1 Å². The van der Waals surface area contributed by atoms with Crippen molar-refractivity contribution in [1.29, 1.82) is 0 Å². The second-order valence-corrected chi connectivity index (χ2v) is 2.50. The molecule has 1 N–H and O–H groups in total. The molecule has 0 saturated carbocycles. The molecule has 0 aliphatic heterocycles. The van der Waals surface area contributed by atoms with Gasteiger partial charge in [0.1, 0.15) is 5.76 Å². The molecular weight excluding hydrogens is 152 g/mol. The molecule has 2 aromatic rings. The van der Waals surface area contributed by atoms with Gasteiger partial charge in [0.15, 0.2) is 0 Å². The number of nitrogens with zero attached hydrogens (tertiary/aromatic N) is 1. The molecule has 0 fully saturated rings. The third kappa shape index (κ3) is 1.50. The van der Waals surface area contributed by atoms with E-state index in [-0.39, 0.29) is 0 Å². The summed E-state index contributed by atoms with van der Waals surface area (Å²) in [6.45, 7) is 0.710. The molecule has 0 radical (unpaired) electrons. The summed E-state index contributed by atoms with van der Waals surface area (Å²) in [6, 6.07) is 7.76. The summed E-state index contributed by atoms with van der Waals surface area (Å²) in [4.78, 5) is 0. The van der Waals surface area contributed by atoms with Gasteiger partial charge in [-0.1, -0.05) is 0 Å². The van der Waals surface area contributed by atoms with Crippen molar-refractivity contribution in [2.24, 2.45) is 0 Å². The lowest BCUT2D eigenvalue weighted by molar-refractivity contribution is 0.510. The Labute approximate surface area is 70.6 Å². The van der Waals surface area contributed by atoms with Gasteiger partial charge in [-0.15, -0.1) is 0 Å². The summed E-state index contributed by atoms with van der Waals surface area (Å²) in [5.74, 6) is 0.934. The molecule has 62 valence electrons. The Hall–Kier alpha value is -1.64. The summed E-state index contributed by atoms with van der Waals surface area (Å²) in [5, 5.41) is 0. The van der Waals surface area contributed by atoms with Gasteiger partial charge in [0.25, 0.3) is 0 Å². The third-order valence-corrected chi connectivity index (χ3v) is 1.62. The van der Waals surface area contributed by atoms with Gasteiger partial charge in [-0.2, -0.15) is 0 Å². The average molecular weight is 162 g/mol. The second kappa shape index (κ2) is 3.17. The van der Waals surface area contributed by atoms with Crippen molar-refractivity contribution in [3.8, 4) is 0 Å². The number of hydrogen-bond donors (Lipinski definition) is 1. The number of rotatable bonds is 3. The van der Waals surface area contributed by atoms with Crippen LogP contribution in [0.5, 0.6) is 0 Å². The molecule has 3 heteroatoms. The van der Waals surface area contributed by atoms with Gasteiger partial charge in [-0.05, 0) is 24.3 Å². The fraction of sp³-hybridized carbons (Fsp3) is 0.111. The van der Waals surface area contributed by atoms with Crippen LogP contribution < -0.4 is 5.43 Å². The maximum absolute atomic E-state index is 5.16. The van der Waals surface area contributed by atoms with Crippen molar-refractivity contribution in [2.75, 3.05) is 5.43 Å². The maximum atomic E-state index is 5.16. The molecule has 0 bridgehead atoms. The summed E-state index contributed by atoms with van der Waals surface area (Å²) < 4.78 is 7.05. The van der Waals surface area contributed by atoms with E-state index in [9.17, 15) is 0 Å². The molecule has 0 amide bonds. The Morgan fingerprint density at radius 1 is 1.25 bits per heavy atom. The van der Waals surface area contributed by atoms with Crippen molar-refractivity contribution >= 4 is 0 Å². The van der Waals surface area contributed by atoms with Crippen molar-refractivity contribution in [2.45, 2.75) is 6.54 Å². The SMILES string of the molecule is c1coc(CNn2cccc2)c1. The number of furan rings is 1. The summed E-state index contributed by atoms with van der Waals surface area (Å²) in [5.41, 5.74) is 3.15. The van der Waals surface area contributed by atoms with Crippen molar-refractivity contribution in [3.05, 3.63) is 48.7 Å². The normalized spacial score (nSPS) is 10.0. The lowest BCUT2D eigenvalue weighted by atomic mass is 10.5. The quantitative estimate of drug-likeness (QED) is 0.746. The van der Waals surface area contributed by atoms with Gasteiger partial charge in [0.2, 0.25) is 0 Å². The van der Waals surface area contributed by atoms with Crippen LogP contribution in [0.2, 0.25) is 0 Å². The van der Waals surface area contributed by atoms with Crippen LogP contribution in [0.15, 0.2) is 47.3 Å². The minimum Gasteiger partial charge on any atom is -0.467 e. The zero-order chi connectivity index (χ0) is 8.23. The van der Waals surface area contributed by atoms with Crippen LogP contribution in [0.4, 0.5) is 0 Å². The van der Waals surface area contributed by atoms with E-state index in [1.807, 2.05) is 41.3 Å². The Morgan fingerprint density at radius 3 is 2.75 bits per heavy atom. The van der Waals surface area contributed by atoms with Gasteiger partial charge in [-0.3, -0.25) is 4.68 Å². The van der Waals surface area contributed by atoms with Crippen molar-refractivity contribution in [1.82, 2.24) is 4.68 Å². The van der Waals surface area contributed by atoms with Crippen molar-refractivity contribution < 1.29 is 4.42 Å². The number of nitrogens with one attached hydrogen (secondary N) is 1. The first kappa shape index (κ1) is 7.03. The van der Waals surface area contributed by atoms with Crippen LogP contribution in [-0.4, -0.2) is 4.68 Å². The van der Waals surface area contributed by atoms with Gasteiger partial charge in [0.05, 0.1) is 12.8 Å². The zero-order valence-corrected chi connectivity index (χ0v) is 6.60. The van der Waals surface area contributed by atoms with Gasteiger partial charge in [-0.25, -0.2) is 0 Å². The van der Waals surface area contributed by atoms with E-state index in [0.717, 1.165) is 5.76 Å². The molecule has 0 aliphatic rings. The van der Waals surface area contributed by atoms with E-state index >= 15 is 0 Å². The summed E-state index contributed by atoms with van der Waals surface area (Å²) >= 11 is 0. The van der Waals surface area contributed by atoms with Gasteiger partial charge >= 0.3 is 0 Å². The minimum atomic E-state index is 0.710. The van der Waals surface area contributed by atoms with E-state index in [1.54, 1.807) is 6.26 Å². The fourth-order valence-electron chi connectivity index (χ4n) is 1.02. The van der Waals surface area contributed by atoms with E-state index in [1.165, 1.54) is 0 Å². The molecule has 2 heterocycles. The highest BCUT2D eigenvalue weighted by molar-refractivity contribution is 5.01. The first-order valence-electron chi connectivity index (χ1n) is 3.84. The van der Waals surface area contributed by atoms with Crippen LogP contribution in [-0.2, 0) is 6.54 Å². The maximum Gasteiger partial charge on any atom is 0.124 e. The molecular formula is C9H10N2O. The van der Waals surface area contributed by atoms with Crippen LogP contribution in [0, 0.1) is 0 Å². The summed E-state index contributed by atoms with van der Waals surface area (Å²) in [7, 11) is 0. The molecule has 2 rings (SSSR count). The van der Waals surface area contributed by atoms with Gasteiger partial charge in [0, 0.05) is 12.4 Å². The molecule has 0 saturated heterocycles. The van der Waals surface area contributed by atoms with E-state index in [4.69, 9.17) is 4.42 Å². The Bertz CT molecular complexity index is 276. The van der Waals surface area contributed by atoms with E-state index in [0.29, 0.717) is 6.54 Å². The predicted octanol–water partition coefficient (Wildman–Crippen LogP) is 1.82. The highest BCUT2D eigenvalue weighted by Crippen LogP contribution is 1.99. The molecule has 2 aromatic heterocycles. The first-order valence-corrected chi connectivity index (χ1v) is 3.84. The monoisotopic (exact) mass is 162 g/mol. The van der Waals surface area contributed by atoms with Crippen molar-refractivity contribution in [3.63, 3.8) is 0 Å². The Balaban J connectivity index is 1.91. The number of aromatic nitrogens is 1. The summed E-state index contributed by atoms with van der Waals surface area (Å²) in [6.07, 6.45) is 5.57. The van der Waals surface area contributed by atoms with E-state index < -0.39 is 0 Å². The predicted molar refractivity (Wildman–Crippen MR) is 46.2 cm³/mol. The van der Waals surface area contributed by atoms with Crippen LogP contribution in [0.1, 0.15) is 5.76 Å². The van der Waals surface area contributed by atoms with Crippen LogP contribution in [0.3, 0.4) is 0 Å². The van der Waals surface area contributed by atoms with Crippen LogP contribution >= 0.6 is 0 Å². The highest BCUT2D eigenvalue weighted by atomic mass is 16.3. The molecule has 0 unspecified atom stereocenters. The molecule has 0 aromatic carbocycles. The average Bonchev–Trinajstić information content (AvgIpc) is 2.74. The fourth-order valence-corrected chi connectivity index (χ4v) is 1.02. The van der Waals surface area contributed by atoms with Gasteiger partial charge < -0.3 is 9.84 Å². The molecule has 0 atom stereocenters. The highest BCUT2D eigenvalue weighted by Gasteiger charge is 1.92. The second-order valence-electron chi connectivity index (χ2n) is 2.50. The lowest BCUT2D eigenvalue weighted by Crippen LogP contribution is -2.10. The largest absolute Gasteiger partial charge is 0.467 e. The van der Waals surface area contributed by atoms with Crippen LogP contribution in [0.25, 0.3) is 0 Å².